The Bertz CT molecular complexity index is 880. The summed E-state index contributed by atoms with van der Waals surface area (Å²) in [5.74, 6) is -2.18. The van der Waals surface area contributed by atoms with Crippen molar-refractivity contribution in [3.8, 4) is 11.5 Å². The normalized spacial score (nSPS) is 23.9. The first-order valence-corrected chi connectivity index (χ1v) is 9.10. The number of aliphatic hydroxyl groups excluding tert-OH is 1. The quantitative estimate of drug-likeness (QED) is 0.792. The van der Waals surface area contributed by atoms with Crippen LogP contribution in [0.25, 0.3) is 0 Å². The van der Waals surface area contributed by atoms with Crippen LogP contribution in [0.2, 0.25) is 0 Å². The molecule has 4 rings (SSSR count). The summed E-state index contributed by atoms with van der Waals surface area (Å²) in [4.78, 5) is 25.4. The fraction of sp³-hybridized carbons (Fsp3) is 0.333. The molecular weight excluding hydrogens is 364 g/mol. The molecule has 0 spiro atoms. The van der Waals surface area contributed by atoms with E-state index >= 15 is 0 Å². The van der Waals surface area contributed by atoms with Crippen molar-refractivity contribution in [3.63, 3.8) is 0 Å². The molecule has 7 nitrogen and oxygen atoms in total. The lowest BCUT2D eigenvalue weighted by molar-refractivity contribution is -0.153. The first kappa shape index (κ1) is 18.3. The van der Waals surface area contributed by atoms with Gasteiger partial charge in [-0.15, -0.1) is 0 Å². The number of rotatable bonds is 5. The standard InChI is InChI=1S/C21H20O7/c1-2-25-20(23)17-16(18(22)12-6-4-3-5-7-12)21(24)28-19(17)13-8-9-14-15(10-13)27-11-26-14/h3-10,16-19,22H,2,11H2,1H3/t16-,17+,18-,19+/m1/s1. The van der Waals surface area contributed by atoms with Crippen molar-refractivity contribution in [2.45, 2.75) is 19.1 Å². The second-order valence-corrected chi connectivity index (χ2v) is 6.63. The zero-order valence-corrected chi connectivity index (χ0v) is 15.2. The van der Waals surface area contributed by atoms with E-state index in [1.165, 1.54) is 0 Å². The monoisotopic (exact) mass is 384 g/mol. The van der Waals surface area contributed by atoms with E-state index in [0.717, 1.165) is 0 Å². The molecule has 0 radical (unpaired) electrons. The van der Waals surface area contributed by atoms with E-state index in [1.807, 2.05) is 0 Å². The Morgan fingerprint density at radius 1 is 1.18 bits per heavy atom. The molecule has 2 aliphatic heterocycles. The summed E-state index contributed by atoms with van der Waals surface area (Å²) in [5.41, 5.74) is 1.11. The minimum Gasteiger partial charge on any atom is -0.466 e. The lowest BCUT2D eigenvalue weighted by Gasteiger charge is -2.23. The topological polar surface area (TPSA) is 91.3 Å². The van der Waals surface area contributed by atoms with Crippen LogP contribution in [0, 0.1) is 11.8 Å². The van der Waals surface area contributed by atoms with Crippen molar-refractivity contribution < 1.29 is 33.6 Å². The second-order valence-electron chi connectivity index (χ2n) is 6.63. The third-order valence-corrected chi connectivity index (χ3v) is 4.99. The highest BCUT2D eigenvalue weighted by molar-refractivity contribution is 5.86. The summed E-state index contributed by atoms with van der Waals surface area (Å²) in [5, 5.41) is 10.8. The van der Waals surface area contributed by atoms with E-state index in [2.05, 4.69) is 0 Å². The average Bonchev–Trinajstić information content (AvgIpc) is 3.31. The van der Waals surface area contributed by atoms with Gasteiger partial charge in [0.1, 0.15) is 17.9 Å². The number of fused-ring (bicyclic) bond motifs is 1. The molecule has 2 aromatic rings. The number of carbonyl (C=O) groups excluding carboxylic acids is 2. The van der Waals surface area contributed by atoms with Gasteiger partial charge < -0.3 is 24.1 Å². The number of benzene rings is 2. The summed E-state index contributed by atoms with van der Waals surface area (Å²) < 4.78 is 21.4. The van der Waals surface area contributed by atoms with Crippen LogP contribution in [0.5, 0.6) is 11.5 Å². The number of hydrogen-bond donors (Lipinski definition) is 1. The van der Waals surface area contributed by atoms with Crippen LogP contribution in [0.1, 0.15) is 30.3 Å². The van der Waals surface area contributed by atoms with Gasteiger partial charge in [0.15, 0.2) is 11.5 Å². The second kappa shape index (κ2) is 7.52. The van der Waals surface area contributed by atoms with Gasteiger partial charge in [-0.3, -0.25) is 9.59 Å². The molecular formula is C21H20O7. The Labute approximate surface area is 161 Å². The SMILES string of the molecule is CCOC(=O)[C@H]1[C@H]([C@H](O)c2ccccc2)C(=O)O[C@H]1c1ccc2c(c1)OCO2. The van der Waals surface area contributed by atoms with Crippen LogP contribution in [-0.4, -0.2) is 30.4 Å². The summed E-state index contributed by atoms with van der Waals surface area (Å²) in [6.45, 7) is 1.96. The molecule has 1 saturated heterocycles. The fourth-order valence-corrected chi connectivity index (χ4v) is 3.67. The van der Waals surface area contributed by atoms with Crippen LogP contribution in [0.4, 0.5) is 0 Å². The van der Waals surface area contributed by atoms with Gasteiger partial charge in [0.05, 0.1) is 12.7 Å². The number of carbonyl (C=O) groups is 2. The number of hydrogen-bond acceptors (Lipinski definition) is 7. The smallest absolute Gasteiger partial charge is 0.314 e. The Balaban J connectivity index is 1.70. The molecule has 0 saturated carbocycles. The summed E-state index contributed by atoms with van der Waals surface area (Å²) in [7, 11) is 0. The largest absolute Gasteiger partial charge is 0.466 e. The van der Waals surface area contributed by atoms with E-state index in [1.54, 1.807) is 55.5 Å². The third-order valence-electron chi connectivity index (χ3n) is 4.99. The minimum atomic E-state index is -1.19. The average molecular weight is 384 g/mol. The maximum atomic E-state index is 12.7. The molecule has 2 aliphatic rings. The van der Waals surface area contributed by atoms with Crippen LogP contribution in [0.3, 0.4) is 0 Å². The van der Waals surface area contributed by atoms with E-state index in [0.29, 0.717) is 22.6 Å². The number of aliphatic hydroxyl groups is 1. The maximum Gasteiger partial charge on any atom is 0.314 e. The van der Waals surface area contributed by atoms with Gasteiger partial charge in [-0.1, -0.05) is 36.4 Å². The molecule has 1 N–H and O–H groups in total. The summed E-state index contributed by atoms with van der Waals surface area (Å²) >= 11 is 0. The number of ether oxygens (including phenoxy) is 4. The first-order valence-electron chi connectivity index (χ1n) is 9.10. The van der Waals surface area contributed by atoms with Gasteiger partial charge in [-0.05, 0) is 30.2 Å². The molecule has 0 aliphatic carbocycles. The molecule has 0 amide bonds. The van der Waals surface area contributed by atoms with Gasteiger partial charge in [-0.2, -0.15) is 0 Å². The maximum absolute atomic E-state index is 12.7. The zero-order valence-electron chi connectivity index (χ0n) is 15.2. The molecule has 0 unspecified atom stereocenters. The van der Waals surface area contributed by atoms with Crippen LogP contribution in [0.15, 0.2) is 48.5 Å². The molecule has 4 atom stereocenters. The van der Waals surface area contributed by atoms with E-state index in [-0.39, 0.29) is 13.4 Å². The van der Waals surface area contributed by atoms with Crippen LogP contribution >= 0.6 is 0 Å². The van der Waals surface area contributed by atoms with Gasteiger partial charge in [0, 0.05) is 0 Å². The number of esters is 2. The van der Waals surface area contributed by atoms with Gasteiger partial charge in [0.2, 0.25) is 6.79 Å². The van der Waals surface area contributed by atoms with Gasteiger partial charge in [-0.25, -0.2) is 0 Å². The Hall–Kier alpha value is -3.06. The Morgan fingerprint density at radius 3 is 2.68 bits per heavy atom. The Kier molecular flexibility index (Phi) is 4.92. The molecule has 0 bridgehead atoms. The first-order chi connectivity index (χ1) is 13.6. The molecule has 2 aromatic carbocycles. The minimum absolute atomic E-state index is 0.111. The lowest BCUT2D eigenvalue weighted by Crippen LogP contribution is -2.31. The molecule has 7 heteroatoms. The van der Waals surface area contributed by atoms with Crippen LogP contribution < -0.4 is 9.47 Å². The van der Waals surface area contributed by atoms with Gasteiger partial charge in [0.25, 0.3) is 0 Å². The highest BCUT2D eigenvalue weighted by Crippen LogP contribution is 2.47. The fourth-order valence-electron chi connectivity index (χ4n) is 3.67. The van der Waals surface area contributed by atoms with E-state index in [9.17, 15) is 14.7 Å². The highest BCUT2D eigenvalue weighted by Gasteiger charge is 2.53. The van der Waals surface area contributed by atoms with Crippen molar-refractivity contribution in [1.29, 1.82) is 0 Å². The molecule has 2 heterocycles. The molecule has 146 valence electrons. The summed E-state index contributed by atoms with van der Waals surface area (Å²) in [6, 6.07) is 13.8. The summed E-state index contributed by atoms with van der Waals surface area (Å²) in [6.07, 6.45) is -2.08. The molecule has 0 aromatic heterocycles. The predicted octanol–water partition coefficient (Wildman–Crippen LogP) is 2.54. The van der Waals surface area contributed by atoms with Crippen molar-refractivity contribution >= 4 is 11.9 Å². The predicted molar refractivity (Wildman–Crippen MR) is 96.4 cm³/mol. The van der Waals surface area contributed by atoms with Crippen LogP contribution in [-0.2, 0) is 19.1 Å². The Morgan fingerprint density at radius 2 is 1.93 bits per heavy atom. The lowest BCUT2D eigenvalue weighted by atomic mass is 9.81. The van der Waals surface area contributed by atoms with Crippen molar-refractivity contribution in [2.75, 3.05) is 13.4 Å². The third kappa shape index (κ3) is 3.18. The van der Waals surface area contributed by atoms with Crippen molar-refractivity contribution in [1.82, 2.24) is 0 Å². The molecule has 28 heavy (non-hydrogen) atoms. The number of cyclic esters (lactones) is 1. The van der Waals surface area contributed by atoms with Crippen molar-refractivity contribution in [3.05, 3.63) is 59.7 Å². The molecule has 1 fully saturated rings. The van der Waals surface area contributed by atoms with Crippen molar-refractivity contribution in [2.24, 2.45) is 11.8 Å². The highest BCUT2D eigenvalue weighted by atomic mass is 16.7. The zero-order chi connectivity index (χ0) is 19.7. The van der Waals surface area contributed by atoms with Gasteiger partial charge >= 0.3 is 11.9 Å². The van der Waals surface area contributed by atoms with E-state index in [4.69, 9.17) is 18.9 Å². The van der Waals surface area contributed by atoms with E-state index < -0.39 is 36.0 Å².